The second-order valence-corrected chi connectivity index (χ2v) is 3.04. The van der Waals surface area contributed by atoms with Gasteiger partial charge in [0.25, 0.3) is 0 Å². The van der Waals surface area contributed by atoms with Crippen LogP contribution in [0.5, 0.6) is 0 Å². The van der Waals surface area contributed by atoms with Crippen LogP contribution in [0.3, 0.4) is 0 Å². The second kappa shape index (κ2) is 4.94. The molecule has 0 saturated carbocycles. The van der Waals surface area contributed by atoms with Crippen LogP contribution in [-0.4, -0.2) is 49.4 Å². The Labute approximate surface area is 77.5 Å². The average Bonchev–Trinajstić information content (AvgIpc) is 2.03. The number of rotatable bonds is 4. The summed E-state index contributed by atoms with van der Waals surface area (Å²) in [5, 5.41) is 5.40. The van der Waals surface area contributed by atoms with Crippen LogP contribution < -0.4 is 10.6 Å². The van der Waals surface area contributed by atoms with Gasteiger partial charge >= 0.3 is 0 Å². The highest BCUT2D eigenvalue weighted by molar-refractivity contribution is 5.99. The number of amides is 2. The third kappa shape index (κ3) is 3.52. The summed E-state index contributed by atoms with van der Waals surface area (Å²) >= 11 is 0. The summed E-state index contributed by atoms with van der Waals surface area (Å²) < 4.78 is 0. The van der Waals surface area contributed by atoms with E-state index in [9.17, 15) is 9.59 Å². The van der Waals surface area contributed by atoms with E-state index in [1.54, 1.807) is 0 Å². The van der Waals surface area contributed by atoms with Crippen molar-refractivity contribution in [2.45, 2.75) is 6.92 Å². The van der Waals surface area contributed by atoms with Crippen molar-refractivity contribution in [1.82, 2.24) is 15.5 Å². The number of likely N-dealkylation sites (N-methyl/N-ethyl adjacent to an activating group) is 1. The Bertz CT molecular complexity index is 190. The van der Waals surface area contributed by atoms with Crippen LogP contribution in [0, 0.1) is 0 Å². The zero-order chi connectivity index (χ0) is 9.68. The molecule has 1 rings (SSSR count). The summed E-state index contributed by atoms with van der Waals surface area (Å²) in [6, 6.07) is 0. The third-order valence-corrected chi connectivity index (χ3v) is 1.87. The first kappa shape index (κ1) is 10.1. The molecule has 74 valence electrons. The minimum Gasteiger partial charge on any atom is -0.316 e. The molecule has 1 aliphatic heterocycles. The van der Waals surface area contributed by atoms with Crippen molar-refractivity contribution in [2.24, 2.45) is 0 Å². The molecule has 0 spiro atoms. The Kier molecular flexibility index (Phi) is 3.85. The molecule has 0 bridgehead atoms. The fourth-order valence-electron chi connectivity index (χ4n) is 1.27. The highest BCUT2D eigenvalue weighted by Gasteiger charge is 2.21. The summed E-state index contributed by atoms with van der Waals surface area (Å²) in [7, 11) is 0. The molecule has 0 aromatic carbocycles. The first-order valence-corrected chi connectivity index (χ1v) is 4.48. The molecule has 0 unspecified atom stereocenters. The molecule has 2 amide bonds. The van der Waals surface area contributed by atoms with Gasteiger partial charge in [-0.1, -0.05) is 6.92 Å². The Morgan fingerprint density at radius 2 is 2.00 bits per heavy atom. The van der Waals surface area contributed by atoms with Crippen LogP contribution in [0.2, 0.25) is 0 Å². The number of nitrogens with one attached hydrogen (secondary N) is 2. The molecule has 1 saturated heterocycles. The lowest BCUT2D eigenvalue weighted by molar-refractivity contribution is -0.135. The molecule has 2 N–H and O–H groups in total. The van der Waals surface area contributed by atoms with Gasteiger partial charge in [0.2, 0.25) is 11.8 Å². The number of hydrogen-bond acceptors (Lipinski definition) is 4. The lowest BCUT2D eigenvalue weighted by Gasteiger charge is -2.24. The fourth-order valence-corrected chi connectivity index (χ4v) is 1.27. The number of carbonyl (C=O) groups excluding carboxylic acids is 2. The van der Waals surface area contributed by atoms with Gasteiger partial charge in [0, 0.05) is 13.1 Å². The van der Waals surface area contributed by atoms with Crippen molar-refractivity contribution in [2.75, 3.05) is 32.7 Å². The summed E-state index contributed by atoms with van der Waals surface area (Å²) in [6.07, 6.45) is 0. The van der Waals surface area contributed by atoms with E-state index < -0.39 is 0 Å². The number of carbonyl (C=O) groups is 2. The molecule has 0 aromatic heterocycles. The lowest BCUT2D eigenvalue weighted by atomic mass is 10.3. The summed E-state index contributed by atoms with van der Waals surface area (Å²) in [5.74, 6) is -0.402. The van der Waals surface area contributed by atoms with E-state index in [-0.39, 0.29) is 11.8 Å². The molecule has 5 nitrogen and oxygen atoms in total. The maximum atomic E-state index is 10.9. The number of nitrogens with zero attached hydrogens (tertiary/aromatic N) is 1. The van der Waals surface area contributed by atoms with Gasteiger partial charge in [0.05, 0.1) is 13.1 Å². The van der Waals surface area contributed by atoms with Crippen molar-refractivity contribution in [1.29, 1.82) is 0 Å². The van der Waals surface area contributed by atoms with Crippen molar-refractivity contribution >= 4 is 11.8 Å². The quantitative estimate of drug-likeness (QED) is 0.416. The predicted molar refractivity (Wildman–Crippen MR) is 48.1 cm³/mol. The van der Waals surface area contributed by atoms with Gasteiger partial charge in [-0.15, -0.1) is 0 Å². The Morgan fingerprint density at radius 1 is 1.38 bits per heavy atom. The van der Waals surface area contributed by atoms with Crippen molar-refractivity contribution < 1.29 is 9.59 Å². The van der Waals surface area contributed by atoms with Gasteiger partial charge in [0.15, 0.2) is 0 Å². The van der Waals surface area contributed by atoms with Crippen LogP contribution in [0.1, 0.15) is 6.92 Å². The minimum atomic E-state index is -0.201. The zero-order valence-electron chi connectivity index (χ0n) is 7.80. The van der Waals surface area contributed by atoms with Crippen LogP contribution in [0.15, 0.2) is 0 Å². The molecule has 0 aliphatic carbocycles. The molecule has 0 atom stereocenters. The zero-order valence-corrected chi connectivity index (χ0v) is 7.80. The van der Waals surface area contributed by atoms with E-state index in [1.165, 1.54) is 0 Å². The molecular formula is C8H15N3O2. The molecule has 0 aromatic rings. The molecule has 1 heterocycles. The summed E-state index contributed by atoms with van der Waals surface area (Å²) in [4.78, 5) is 23.7. The van der Waals surface area contributed by atoms with Gasteiger partial charge in [0.1, 0.15) is 0 Å². The SMILES string of the molecule is CCNCCN1CC(=O)NC(=O)C1. The number of imide groups is 1. The van der Waals surface area contributed by atoms with E-state index in [0.29, 0.717) is 13.1 Å². The minimum absolute atomic E-state index is 0.201. The van der Waals surface area contributed by atoms with Gasteiger partial charge < -0.3 is 5.32 Å². The van der Waals surface area contributed by atoms with Gasteiger partial charge in [-0.2, -0.15) is 0 Å². The van der Waals surface area contributed by atoms with Gasteiger partial charge in [-0.05, 0) is 6.54 Å². The standard InChI is InChI=1S/C8H15N3O2/c1-2-9-3-4-11-5-7(12)10-8(13)6-11/h9H,2-6H2,1H3,(H,10,12,13). The van der Waals surface area contributed by atoms with Crippen LogP contribution in [0.4, 0.5) is 0 Å². The first-order valence-electron chi connectivity index (χ1n) is 4.48. The topological polar surface area (TPSA) is 61.4 Å². The molecular weight excluding hydrogens is 170 g/mol. The van der Waals surface area contributed by atoms with Crippen LogP contribution in [-0.2, 0) is 9.59 Å². The normalized spacial score (nSPS) is 18.8. The van der Waals surface area contributed by atoms with Crippen molar-refractivity contribution in [3.8, 4) is 0 Å². The maximum Gasteiger partial charge on any atom is 0.240 e. The molecule has 5 heteroatoms. The van der Waals surface area contributed by atoms with E-state index >= 15 is 0 Å². The highest BCUT2D eigenvalue weighted by Crippen LogP contribution is 1.92. The largest absolute Gasteiger partial charge is 0.316 e. The van der Waals surface area contributed by atoms with Crippen molar-refractivity contribution in [3.05, 3.63) is 0 Å². The fraction of sp³-hybridized carbons (Fsp3) is 0.750. The van der Waals surface area contributed by atoms with Crippen LogP contribution >= 0.6 is 0 Å². The van der Waals surface area contributed by atoms with Gasteiger partial charge in [-0.25, -0.2) is 0 Å². The van der Waals surface area contributed by atoms with E-state index in [4.69, 9.17) is 0 Å². The van der Waals surface area contributed by atoms with E-state index in [0.717, 1.165) is 19.6 Å². The predicted octanol–water partition coefficient (Wildman–Crippen LogP) is -1.45. The average molecular weight is 185 g/mol. The smallest absolute Gasteiger partial charge is 0.240 e. The lowest BCUT2D eigenvalue weighted by Crippen LogP contribution is -2.52. The Morgan fingerprint density at radius 3 is 2.54 bits per heavy atom. The molecule has 0 radical (unpaired) electrons. The van der Waals surface area contributed by atoms with Crippen LogP contribution in [0.25, 0.3) is 0 Å². The molecule has 1 aliphatic rings. The third-order valence-electron chi connectivity index (χ3n) is 1.87. The Hall–Kier alpha value is -0.940. The van der Waals surface area contributed by atoms with Crippen molar-refractivity contribution in [3.63, 3.8) is 0 Å². The van der Waals surface area contributed by atoms with Gasteiger partial charge in [-0.3, -0.25) is 19.8 Å². The summed E-state index contributed by atoms with van der Waals surface area (Å²) in [5.41, 5.74) is 0. The highest BCUT2D eigenvalue weighted by atomic mass is 16.2. The molecule has 1 fully saturated rings. The second-order valence-electron chi connectivity index (χ2n) is 3.04. The Balaban J connectivity index is 2.25. The molecule has 13 heavy (non-hydrogen) atoms. The van der Waals surface area contributed by atoms with E-state index in [1.807, 2.05) is 11.8 Å². The monoisotopic (exact) mass is 185 g/mol. The summed E-state index contributed by atoms with van der Waals surface area (Å²) in [6.45, 7) is 5.15. The van der Waals surface area contributed by atoms with E-state index in [2.05, 4.69) is 10.6 Å². The number of piperazine rings is 1. The first-order chi connectivity index (χ1) is 6.22. The number of hydrogen-bond donors (Lipinski definition) is 2. The maximum absolute atomic E-state index is 10.9.